The average Bonchev–Trinajstić information content (AvgIpc) is 3.32. The second kappa shape index (κ2) is 10.4. The van der Waals surface area contributed by atoms with E-state index in [1.54, 1.807) is 24.5 Å². The molecule has 1 aromatic carbocycles. The quantitative estimate of drug-likeness (QED) is 0.489. The van der Waals surface area contributed by atoms with Crippen LogP contribution in [0.15, 0.2) is 42.9 Å². The molecule has 0 radical (unpaired) electrons. The number of aliphatic hydroxyl groups is 1. The first-order valence-electron chi connectivity index (χ1n) is 11.6. The third kappa shape index (κ3) is 5.41. The summed E-state index contributed by atoms with van der Waals surface area (Å²) < 4.78 is 1.95. The number of hydrogen-bond acceptors (Lipinski definition) is 7. The van der Waals surface area contributed by atoms with Crippen molar-refractivity contribution in [1.82, 2.24) is 25.1 Å². The van der Waals surface area contributed by atoms with E-state index in [-0.39, 0.29) is 12.0 Å². The zero-order valence-electron chi connectivity index (χ0n) is 19.4. The van der Waals surface area contributed by atoms with Gasteiger partial charge in [0.2, 0.25) is 5.95 Å². The maximum absolute atomic E-state index is 12.4. The van der Waals surface area contributed by atoms with Crippen molar-refractivity contribution < 1.29 is 9.90 Å². The van der Waals surface area contributed by atoms with Crippen LogP contribution in [0.2, 0.25) is 0 Å². The molecule has 4 rings (SSSR count). The Morgan fingerprint density at radius 3 is 2.65 bits per heavy atom. The van der Waals surface area contributed by atoms with Crippen LogP contribution < -0.4 is 10.6 Å². The summed E-state index contributed by atoms with van der Waals surface area (Å²) in [6, 6.07) is 9.02. The molecule has 1 saturated carbocycles. The largest absolute Gasteiger partial charge is 0.393 e. The fraction of sp³-hybridized carbons (Fsp3) is 0.400. The van der Waals surface area contributed by atoms with Gasteiger partial charge in [0, 0.05) is 23.5 Å². The zero-order chi connectivity index (χ0) is 24.1. The van der Waals surface area contributed by atoms with Gasteiger partial charge in [-0.05, 0) is 56.7 Å². The van der Waals surface area contributed by atoms with E-state index < -0.39 is 6.04 Å². The maximum atomic E-state index is 12.4. The van der Waals surface area contributed by atoms with Crippen LogP contribution in [0, 0.1) is 18.3 Å². The Morgan fingerprint density at radius 2 is 1.97 bits per heavy atom. The third-order valence-corrected chi connectivity index (χ3v) is 6.16. The number of nitrogens with one attached hydrogen (secondary N) is 2. The van der Waals surface area contributed by atoms with Crippen LogP contribution in [-0.4, -0.2) is 42.9 Å². The first-order chi connectivity index (χ1) is 16.5. The minimum atomic E-state index is -0.501. The first kappa shape index (κ1) is 23.4. The molecule has 0 saturated heterocycles. The van der Waals surface area contributed by atoms with Gasteiger partial charge in [0.1, 0.15) is 6.04 Å². The van der Waals surface area contributed by atoms with E-state index in [0.29, 0.717) is 24.0 Å². The highest BCUT2D eigenvalue weighted by Gasteiger charge is 2.21. The number of benzene rings is 1. The van der Waals surface area contributed by atoms with Crippen LogP contribution in [0.1, 0.15) is 61.0 Å². The summed E-state index contributed by atoms with van der Waals surface area (Å²) in [4.78, 5) is 21.4. The zero-order valence-corrected chi connectivity index (χ0v) is 19.4. The topological polar surface area (TPSA) is 129 Å². The van der Waals surface area contributed by atoms with Crippen LogP contribution in [0.5, 0.6) is 0 Å². The lowest BCUT2D eigenvalue weighted by Crippen LogP contribution is -2.33. The second-order valence-electron chi connectivity index (χ2n) is 8.66. The first-order valence-corrected chi connectivity index (χ1v) is 11.6. The van der Waals surface area contributed by atoms with E-state index in [2.05, 4.69) is 31.8 Å². The normalized spacial score (nSPS) is 18.6. The monoisotopic (exact) mass is 459 g/mol. The summed E-state index contributed by atoms with van der Waals surface area (Å²) in [5.41, 5.74) is 3.83. The predicted octanol–water partition coefficient (Wildman–Crippen LogP) is 3.90. The van der Waals surface area contributed by atoms with Gasteiger partial charge in [-0.2, -0.15) is 10.4 Å². The number of aliphatic hydroxyl groups excluding tert-OH is 1. The van der Waals surface area contributed by atoms with E-state index in [0.717, 1.165) is 48.2 Å². The maximum Gasteiger partial charge on any atom is 0.252 e. The van der Waals surface area contributed by atoms with Gasteiger partial charge in [-0.25, -0.2) is 9.97 Å². The number of rotatable bonds is 7. The number of aryl methyl sites for hydroxylation is 1. The number of carbonyl (C=O) groups is 1. The van der Waals surface area contributed by atoms with Crippen molar-refractivity contribution in [2.24, 2.45) is 0 Å². The molecule has 3 N–H and O–H groups in total. The van der Waals surface area contributed by atoms with Crippen molar-refractivity contribution in [3.05, 3.63) is 54.0 Å². The molecule has 1 atom stereocenters. The minimum Gasteiger partial charge on any atom is -0.393 e. The Bertz CT molecular complexity index is 1170. The fourth-order valence-corrected chi connectivity index (χ4v) is 4.10. The second-order valence-corrected chi connectivity index (χ2v) is 8.66. The summed E-state index contributed by atoms with van der Waals surface area (Å²) in [5, 5.41) is 29.2. The van der Waals surface area contributed by atoms with Gasteiger partial charge in [-0.15, -0.1) is 0 Å². The smallest absolute Gasteiger partial charge is 0.252 e. The van der Waals surface area contributed by atoms with Gasteiger partial charge in [0.15, 0.2) is 0 Å². The summed E-state index contributed by atoms with van der Waals surface area (Å²) in [5.74, 6) is 0.187. The van der Waals surface area contributed by atoms with E-state index in [1.165, 1.54) is 0 Å². The lowest BCUT2D eigenvalue weighted by molar-refractivity contribution is 0.0944. The standard InChI is InChI=1S/C25H29N7O2/c1-3-19(12-26)29-24(34)18-6-4-17(5-7-18)23-16(2)13-27-25(31-23)30-20-14-28-32(15-20)21-8-10-22(33)11-9-21/h4-7,13-15,19,21-22,33H,3,8-11H2,1-2H3,(H,29,34)(H,27,30,31). The van der Waals surface area contributed by atoms with Gasteiger partial charge in [-0.1, -0.05) is 19.1 Å². The number of nitriles is 1. The van der Waals surface area contributed by atoms with Crippen LogP contribution in [0.25, 0.3) is 11.3 Å². The van der Waals surface area contributed by atoms with Gasteiger partial charge in [0.25, 0.3) is 5.91 Å². The number of amides is 1. The molecule has 0 spiro atoms. The van der Waals surface area contributed by atoms with Gasteiger partial charge < -0.3 is 15.7 Å². The van der Waals surface area contributed by atoms with Crippen LogP contribution >= 0.6 is 0 Å². The van der Waals surface area contributed by atoms with Gasteiger partial charge in [-0.3, -0.25) is 9.48 Å². The molecule has 34 heavy (non-hydrogen) atoms. The number of carbonyl (C=O) groups excluding carboxylic acids is 1. The van der Waals surface area contributed by atoms with Crippen molar-refractivity contribution >= 4 is 17.5 Å². The van der Waals surface area contributed by atoms with Crippen molar-refractivity contribution in [3.8, 4) is 17.3 Å². The van der Waals surface area contributed by atoms with Gasteiger partial charge >= 0.3 is 0 Å². The third-order valence-electron chi connectivity index (χ3n) is 6.16. The highest BCUT2D eigenvalue weighted by molar-refractivity contribution is 5.95. The Labute approximate surface area is 198 Å². The molecule has 1 fully saturated rings. The van der Waals surface area contributed by atoms with E-state index in [1.807, 2.05) is 36.9 Å². The van der Waals surface area contributed by atoms with E-state index >= 15 is 0 Å². The Hall–Kier alpha value is -3.77. The minimum absolute atomic E-state index is 0.196. The molecule has 0 aliphatic heterocycles. The lowest BCUT2D eigenvalue weighted by Gasteiger charge is -2.25. The molecule has 1 amide bonds. The predicted molar refractivity (Wildman–Crippen MR) is 128 cm³/mol. The molecule has 0 bridgehead atoms. The fourth-order valence-electron chi connectivity index (χ4n) is 4.10. The number of hydrogen-bond donors (Lipinski definition) is 3. The van der Waals surface area contributed by atoms with E-state index in [9.17, 15) is 9.90 Å². The summed E-state index contributed by atoms with van der Waals surface area (Å²) >= 11 is 0. The van der Waals surface area contributed by atoms with Gasteiger partial charge in [0.05, 0.1) is 35.8 Å². The van der Waals surface area contributed by atoms with Crippen molar-refractivity contribution in [1.29, 1.82) is 5.26 Å². The molecule has 2 heterocycles. The van der Waals surface area contributed by atoms with Crippen LogP contribution in [-0.2, 0) is 0 Å². The van der Waals surface area contributed by atoms with Crippen LogP contribution in [0.4, 0.5) is 11.6 Å². The molecule has 1 unspecified atom stereocenters. The summed E-state index contributed by atoms with van der Waals surface area (Å²) in [6.45, 7) is 3.79. The molecular weight excluding hydrogens is 430 g/mol. The van der Waals surface area contributed by atoms with Crippen LogP contribution in [0.3, 0.4) is 0 Å². The number of nitrogens with zero attached hydrogens (tertiary/aromatic N) is 5. The Kier molecular flexibility index (Phi) is 7.18. The van der Waals surface area contributed by atoms with Crippen molar-refractivity contribution in [2.75, 3.05) is 5.32 Å². The Morgan fingerprint density at radius 1 is 1.24 bits per heavy atom. The molecule has 9 nitrogen and oxygen atoms in total. The summed E-state index contributed by atoms with van der Waals surface area (Å²) in [7, 11) is 0. The number of aromatic nitrogens is 4. The van der Waals surface area contributed by atoms with Crippen molar-refractivity contribution in [2.45, 2.75) is 64.1 Å². The molecular formula is C25H29N7O2. The SMILES string of the molecule is CCC(C#N)NC(=O)c1ccc(-c2nc(Nc3cnn(C4CCC(O)CC4)c3)ncc2C)cc1. The molecule has 3 aromatic rings. The summed E-state index contributed by atoms with van der Waals surface area (Å²) in [6.07, 6.45) is 9.25. The highest BCUT2D eigenvalue weighted by Crippen LogP contribution is 2.29. The van der Waals surface area contributed by atoms with Crippen molar-refractivity contribution in [3.63, 3.8) is 0 Å². The molecule has 9 heteroatoms. The lowest BCUT2D eigenvalue weighted by atomic mass is 9.93. The molecule has 2 aromatic heterocycles. The molecule has 1 aliphatic carbocycles. The molecule has 176 valence electrons. The highest BCUT2D eigenvalue weighted by atomic mass is 16.3. The average molecular weight is 460 g/mol. The number of anilines is 2. The van der Waals surface area contributed by atoms with E-state index in [4.69, 9.17) is 5.26 Å². The Balaban J connectivity index is 1.46. The molecule has 1 aliphatic rings.